The maximum Gasteiger partial charge on any atom is 0.0619 e. The van der Waals surface area contributed by atoms with Crippen LogP contribution in [0.15, 0.2) is 0 Å². The summed E-state index contributed by atoms with van der Waals surface area (Å²) in [6, 6.07) is 0. The standard InChI is InChI=1S/C8H18O/c1-6(2)7(3)8(4,5)9/h6-7,9H,1-5H3/t7-/m0/s1. The normalized spacial score (nSPS) is 16.3. The van der Waals surface area contributed by atoms with Gasteiger partial charge < -0.3 is 5.11 Å². The van der Waals surface area contributed by atoms with Gasteiger partial charge in [0.2, 0.25) is 0 Å². The van der Waals surface area contributed by atoms with Crippen LogP contribution >= 0.6 is 0 Å². The minimum Gasteiger partial charge on any atom is -0.390 e. The second-order valence-corrected chi connectivity index (χ2v) is 3.69. The monoisotopic (exact) mass is 130 g/mol. The minimum absolute atomic E-state index is 0.373. The molecule has 0 unspecified atom stereocenters. The Morgan fingerprint density at radius 3 is 1.44 bits per heavy atom. The molecule has 1 heteroatoms. The van der Waals surface area contributed by atoms with Crippen LogP contribution in [0.25, 0.3) is 0 Å². The molecule has 0 spiro atoms. The summed E-state index contributed by atoms with van der Waals surface area (Å²) in [6.45, 7) is 10.0. The first-order valence-electron chi connectivity index (χ1n) is 3.58. The Labute approximate surface area is 58.1 Å². The third-order valence-corrected chi connectivity index (χ3v) is 2.11. The average molecular weight is 130 g/mol. The fourth-order valence-corrected chi connectivity index (χ4v) is 0.816. The average Bonchev–Trinajstić information content (AvgIpc) is 1.62. The van der Waals surface area contributed by atoms with Crippen molar-refractivity contribution in [2.24, 2.45) is 11.8 Å². The number of hydrogen-bond donors (Lipinski definition) is 1. The molecule has 0 aromatic rings. The Bertz CT molecular complexity index is 79.1. The predicted molar refractivity (Wildman–Crippen MR) is 40.3 cm³/mol. The molecule has 0 fully saturated rings. The van der Waals surface area contributed by atoms with Gasteiger partial charge in [-0.3, -0.25) is 0 Å². The molecule has 0 aliphatic heterocycles. The maximum atomic E-state index is 9.46. The number of rotatable bonds is 2. The van der Waals surface area contributed by atoms with E-state index in [0.29, 0.717) is 11.8 Å². The van der Waals surface area contributed by atoms with E-state index in [1.54, 1.807) is 0 Å². The highest BCUT2D eigenvalue weighted by molar-refractivity contribution is 4.75. The molecule has 1 nitrogen and oxygen atoms in total. The highest BCUT2D eigenvalue weighted by Gasteiger charge is 2.24. The lowest BCUT2D eigenvalue weighted by molar-refractivity contribution is 0.00539. The van der Waals surface area contributed by atoms with Crippen molar-refractivity contribution in [3.05, 3.63) is 0 Å². The van der Waals surface area contributed by atoms with Crippen molar-refractivity contribution in [1.29, 1.82) is 0 Å². The molecule has 0 amide bonds. The van der Waals surface area contributed by atoms with E-state index in [1.807, 2.05) is 13.8 Å². The summed E-state index contributed by atoms with van der Waals surface area (Å²) >= 11 is 0. The molecular weight excluding hydrogens is 112 g/mol. The van der Waals surface area contributed by atoms with Crippen molar-refractivity contribution in [2.75, 3.05) is 0 Å². The van der Waals surface area contributed by atoms with E-state index in [4.69, 9.17) is 0 Å². The molecule has 0 radical (unpaired) electrons. The van der Waals surface area contributed by atoms with E-state index in [9.17, 15) is 5.11 Å². The summed E-state index contributed by atoms with van der Waals surface area (Å²) in [4.78, 5) is 0. The van der Waals surface area contributed by atoms with Gasteiger partial charge in [0.15, 0.2) is 0 Å². The minimum atomic E-state index is -0.520. The van der Waals surface area contributed by atoms with Crippen molar-refractivity contribution in [1.82, 2.24) is 0 Å². The van der Waals surface area contributed by atoms with Gasteiger partial charge in [-0.1, -0.05) is 20.8 Å². The van der Waals surface area contributed by atoms with Crippen LogP contribution in [-0.4, -0.2) is 10.7 Å². The summed E-state index contributed by atoms with van der Waals surface area (Å²) in [6.07, 6.45) is 0. The molecule has 9 heavy (non-hydrogen) atoms. The van der Waals surface area contributed by atoms with E-state index in [-0.39, 0.29) is 0 Å². The Morgan fingerprint density at radius 1 is 1.11 bits per heavy atom. The molecule has 0 aromatic carbocycles. The van der Waals surface area contributed by atoms with E-state index < -0.39 is 5.60 Å². The first kappa shape index (κ1) is 8.96. The van der Waals surface area contributed by atoms with Crippen molar-refractivity contribution < 1.29 is 5.11 Å². The lowest BCUT2D eigenvalue weighted by Gasteiger charge is -2.28. The van der Waals surface area contributed by atoms with Crippen LogP contribution in [0, 0.1) is 11.8 Å². The van der Waals surface area contributed by atoms with Gasteiger partial charge in [-0.05, 0) is 25.7 Å². The molecule has 0 bridgehead atoms. The smallest absolute Gasteiger partial charge is 0.0619 e. The molecule has 1 N–H and O–H groups in total. The summed E-state index contributed by atoms with van der Waals surface area (Å²) < 4.78 is 0. The third-order valence-electron chi connectivity index (χ3n) is 2.11. The predicted octanol–water partition coefficient (Wildman–Crippen LogP) is 2.05. The molecular formula is C8H18O. The van der Waals surface area contributed by atoms with Crippen molar-refractivity contribution >= 4 is 0 Å². The topological polar surface area (TPSA) is 20.2 Å². The zero-order valence-electron chi connectivity index (χ0n) is 7.10. The van der Waals surface area contributed by atoms with Gasteiger partial charge in [0, 0.05) is 0 Å². The quantitative estimate of drug-likeness (QED) is 0.606. The largest absolute Gasteiger partial charge is 0.390 e. The second kappa shape index (κ2) is 2.70. The fraction of sp³-hybridized carbons (Fsp3) is 1.00. The Morgan fingerprint density at radius 2 is 1.44 bits per heavy atom. The summed E-state index contributed by atoms with van der Waals surface area (Å²) in [5.74, 6) is 0.933. The van der Waals surface area contributed by atoms with Gasteiger partial charge in [0.05, 0.1) is 5.60 Å². The first-order chi connectivity index (χ1) is 3.85. The van der Waals surface area contributed by atoms with Crippen molar-refractivity contribution in [3.8, 4) is 0 Å². The molecule has 0 aromatic heterocycles. The van der Waals surface area contributed by atoms with E-state index >= 15 is 0 Å². The Hall–Kier alpha value is -0.0400. The SMILES string of the molecule is CC(C)[C@H](C)C(C)(C)O. The van der Waals surface area contributed by atoms with Crippen LogP contribution in [0.1, 0.15) is 34.6 Å². The zero-order valence-corrected chi connectivity index (χ0v) is 7.10. The van der Waals surface area contributed by atoms with E-state index in [1.165, 1.54) is 0 Å². The molecule has 0 saturated heterocycles. The summed E-state index contributed by atoms with van der Waals surface area (Å²) in [5.41, 5.74) is -0.520. The highest BCUT2D eigenvalue weighted by atomic mass is 16.3. The number of hydrogen-bond acceptors (Lipinski definition) is 1. The lowest BCUT2D eigenvalue weighted by Crippen LogP contribution is -2.31. The fourth-order valence-electron chi connectivity index (χ4n) is 0.816. The Kier molecular flexibility index (Phi) is 2.68. The second-order valence-electron chi connectivity index (χ2n) is 3.69. The van der Waals surface area contributed by atoms with Gasteiger partial charge in [0.1, 0.15) is 0 Å². The zero-order chi connectivity index (χ0) is 7.65. The Balaban J connectivity index is 3.88. The third kappa shape index (κ3) is 2.85. The summed E-state index contributed by atoms with van der Waals surface area (Å²) in [5, 5.41) is 9.46. The molecule has 1 atom stereocenters. The van der Waals surface area contributed by atoms with Crippen LogP contribution < -0.4 is 0 Å². The molecule has 0 aliphatic rings. The van der Waals surface area contributed by atoms with Gasteiger partial charge in [-0.2, -0.15) is 0 Å². The van der Waals surface area contributed by atoms with E-state index in [2.05, 4.69) is 20.8 Å². The first-order valence-corrected chi connectivity index (χ1v) is 3.58. The lowest BCUT2D eigenvalue weighted by atomic mass is 9.84. The van der Waals surface area contributed by atoms with Crippen molar-refractivity contribution in [3.63, 3.8) is 0 Å². The van der Waals surface area contributed by atoms with Gasteiger partial charge >= 0.3 is 0 Å². The van der Waals surface area contributed by atoms with Gasteiger partial charge in [-0.15, -0.1) is 0 Å². The molecule has 0 saturated carbocycles. The summed E-state index contributed by atoms with van der Waals surface area (Å²) in [7, 11) is 0. The molecule has 0 rings (SSSR count). The molecule has 0 aliphatic carbocycles. The van der Waals surface area contributed by atoms with Gasteiger partial charge in [-0.25, -0.2) is 0 Å². The van der Waals surface area contributed by atoms with Crippen LogP contribution in [0.2, 0.25) is 0 Å². The van der Waals surface area contributed by atoms with Gasteiger partial charge in [0.25, 0.3) is 0 Å². The van der Waals surface area contributed by atoms with Crippen molar-refractivity contribution in [2.45, 2.75) is 40.2 Å². The highest BCUT2D eigenvalue weighted by Crippen LogP contribution is 2.22. The van der Waals surface area contributed by atoms with Crippen LogP contribution in [-0.2, 0) is 0 Å². The molecule has 0 heterocycles. The van der Waals surface area contributed by atoms with Crippen LogP contribution in [0.3, 0.4) is 0 Å². The van der Waals surface area contributed by atoms with E-state index in [0.717, 1.165) is 0 Å². The molecule has 56 valence electrons. The number of aliphatic hydroxyl groups is 1. The van der Waals surface area contributed by atoms with Crippen LogP contribution in [0.4, 0.5) is 0 Å². The maximum absolute atomic E-state index is 9.46. The van der Waals surface area contributed by atoms with Crippen LogP contribution in [0.5, 0.6) is 0 Å².